The van der Waals surface area contributed by atoms with Gasteiger partial charge in [-0.25, -0.2) is 9.79 Å². The molecule has 0 saturated carbocycles. The van der Waals surface area contributed by atoms with E-state index in [-0.39, 0.29) is 11.9 Å². The van der Waals surface area contributed by atoms with E-state index in [0.717, 1.165) is 25.4 Å². The Morgan fingerprint density at radius 3 is 2.48 bits per heavy atom. The predicted octanol–water partition coefficient (Wildman–Crippen LogP) is 1.46. The summed E-state index contributed by atoms with van der Waals surface area (Å²) in [5.74, 6) is 0.550. The molecule has 0 aromatic heterocycles. The molecule has 0 spiro atoms. The number of carbonyl (C=O) groups excluding carboxylic acids is 2. The third kappa shape index (κ3) is 3.43. The standard InChI is InChI=1S/C20H27N5O2/c1-22-18-17(19(26)23(2)20(22)27)25(13-21-18)14-24-10-8-16(9-11-24)12-15-6-4-3-5-7-15/h3-7,13,16-18H,8-12,14H2,1-2H3. The smallest absolute Gasteiger partial charge is 0.328 e. The van der Waals surface area contributed by atoms with Gasteiger partial charge in [-0.05, 0) is 30.7 Å². The van der Waals surface area contributed by atoms with Crippen molar-refractivity contribution < 1.29 is 9.59 Å². The lowest BCUT2D eigenvalue weighted by atomic mass is 9.90. The van der Waals surface area contributed by atoms with E-state index in [9.17, 15) is 9.59 Å². The predicted molar refractivity (Wildman–Crippen MR) is 103 cm³/mol. The minimum absolute atomic E-state index is 0.167. The van der Waals surface area contributed by atoms with Crippen molar-refractivity contribution in [2.75, 3.05) is 33.9 Å². The topological polar surface area (TPSA) is 59.5 Å². The summed E-state index contributed by atoms with van der Waals surface area (Å²) in [6, 6.07) is 9.99. The number of hydrogen-bond acceptors (Lipinski definition) is 5. The molecular weight excluding hydrogens is 342 g/mol. The summed E-state index contributed by atoms with van der Waals surface area (Å²) in [7, 11) is 3.25. The van der Waals surface area contributed by atoms with Crippen LogP contribution in [0.3, 0.4) is 0 Å². The minimum atomic E-state index is -0.406. The molecule has 0 N–H and O–H groups in total. The van der Waals surface area contributed by atoms with Gasteiger partial charge >= 0.3 is 6.03 Å². The van der Waals surface area contributed by atoms with Gasteiger partial charge in [0, 0.05) is 27.2 Å². The van der Waals surface area contributed by atoms with E-state index in [0.29, 0.717) is 6.67 Å². The first-order valence-electron chi connectivity index (χ1n) is 9.64. The fourth-order valence-corrected chi connectivity index (χ4v) is 4.34. The third-order valence-electron chi connectivity index (χ3n) is 6.01. The molecule has 7 nitrogen and oxygen atoms in total. The minimum Gasteiger partial charge on any atom is -0.334 e. The Kier molecular flexibility index (Phi) is 4.86. The first-order chi connectivity index (χ1) is 13.0. The number of amides is 3. The molecule has 7 heteroatoms. The number of aliphatic imine (C=N–C) groups is 1. The highest BCUT2D eigenvalue weighted by Gasteiger charge is 2.48. The van der Waals surface area contributed by atoms with Crippen LogP contribution in [0.25, 0.3) is 0 Å². The molecular formula is C20H27N5O2. The number of nitrogens with zero attached hydrogens (tertiary/aromatic N) is 5. The highest BCUT2D eigenvalue weighted by atomic mass is 16.2. The highest BCUT2D eigenvalue weighted by molar-refractivity contribution is 6.01. The lowest BCUT2D eigenvalue weighted by Gasteiger charge is -2.41. The number of hydrogen-bond donors (Lipinski definition) is 0. The number of benzene rings is 1. The van der Waals surface area contributed by atoms with Crippen molar-refractivity contribution in [1.82, 2.24) is 19.6 Å². The average Bonchev–Trinajstić information content (AvgIpc) is 3.11. The second kappa shape index (κ2) is 7.31. The normalized spacial score (nSPS) is 26.8. The van der Waals surface area contributed by atoms with Crippen LogP contribution in [0.4, 0.5) is 4.79 Å². The molecule has 0 aliphatic carbocycles. The van der Waals surface area contributed by atoms with Gasteiger partial charge in [-0.2, -0.15) is 0 Å². The largest absolute Gasteiger partial charge is 0.334 e. The van der Waals surface area contributed by atoms with Crippen LogP contribution < -0.4 is 0 Å². The van der Waals surface area contributed by atoms with E-state index in [1.54, 1.807) is 25.3 Å². The summed E-state index contributed by atoms with van der Waals surface area (Å²) in [6.45, 7) is 2.74. The van der Waals surface area contributed by atoms with E-state index >= 15 is 0 Å². The number of urea groups is 1. The van der Waals surface area contributed by atoms with Gasteiger partial charge in [-0.3, -0.25) is 14.6 Å². The van der Waals surface area contributed by atoms with Crippen molar-refractivity contribution >= 4 is 18.3 Å². The average molecular weight is 369 g/mol. The number of piperidine rings is 1. The zero-order valence-electron chi connectivity index (χ0n) is 16.0. The van der Waals surface area contributed by atoms with Crippen LogP contribution in [0.5, 0.6) is 0 Å². The molecule has 0 radical (unpaired) electrons. The maximum absolute atomic E-state index is 12.6. The van der Waals surface area contributed by atoms with Crippen molar-refractivity contribution in [1.29, 1.82) is 0 Å². The summed E-state index contributed by atoms with van der Waals surface area (Å²) in [5, 5.41) is 0. The molecule has 3 aliphatic heterocycles. The maximum atomic E-state index is 12.6. The monoisotopic (exact) mass is 369 g/mol. The van der Waals surface area contributed by atoms with Crippen LogP contribution in [0, 0.1) is 5.92 Å². The molecule has 3 amide bonds. The fraction of sp³-hybridized carbons (Fsp3) is 0.550. The molecule has 144 valence electrons. The zero-order valence-corrected chi connectivity index (χ0v) is 16.0. The van der Waals surface area contributed by atoms with E-state index in [1.165, 1.54) is 23.3 Å². The molecule has 2 atom stereocenters. The summed E-state index contributed by atoms with van der Waals surface area (Å²) in [6.07, 6.45) is 4.81. The quantitative estimate of drug-likeness (QED) is 0.806. The van der Waals surface area contributed by atoms with E-state index < -0.39 is 12.2 Å². The van der Waals surface area contributed by atoms with Crippen LogP contribution in [0.15, 0.2) is 35.3 Å². The Hall–Kier alpha value is -2.41. The summed E-state index contributed by atoms with van der Waals surface area (Å²) in [5.41, 5.74) is 1.41. The molecule has 3 aliphatic rings. The van der Waals surface area contributed by atoms with Gasteiger partial charge < -0.3 is 9.80 Å². The second-order valence-corrected chi connectivity index (χ2v) is 7.82. The highest BCUT2D eigenvalue weighted by Crippen LogP contribution is 2.26. The van der Waals surface area contributed by atoms with Crippen molar-refractivity contribution in [3.63, 3.8) is 0 Å². The number of fused-ring (bicyclic) bond motifs is 1. The fourth-order valence-electron chi connectivity index (χ4n) is 4.34. The van der Waals surface area contributed by atoms with Gasteiger partial charge in [0.25, 0.3) is 5.91 Å². The third-order valence-corrected chi connectivity index (χ3v) is 6.01. The van der Waals surface area contributed by atoms with Crippen LogP contribution >= 0.6 is 0 Å². The first kappa shape index (κ1) is 18.0. The Morgan fingerprint density at radius 1 is 1.07 bits per heavy atom. The second-order valence-electron chi connectivity index (χ2n) is 7.82. The maximum Gasteiger partial charge on any atom is 0.328 e. The van der Waals surface area contributed by atoms with Crippen molar-refractivity contribution in [2.24, 2.45) is 10.9 Å². The molecule has 1 aromatic carbocycles. The number of carbonyl (C=O) groups is 2. The van der Waals surface area contributed by atoms with E-state index in [4.69, 9.17) is 0 Å². The Bertz CT molecular complexity index is 729. The number of likely N-dealkylation sites (tertiary alicyclic amines) is 1. The molecule has 2 saturated heterocycles. The lowest BCUT2D eigenvalue weighted by Crippen LogP contribution is -2.64. The van der Waals surface area contributed by atoms with E-state index in [2.05, 4.69) is 40.2 Å². The summed E-state index contributed by atoms with van der Waals surface area (Å²) in [4.78, 5) is 36.3. The zero-order chi connectivity index (χ0) is 19.0. The summed E-state index contributed by atoms with van der Waals surface area (Å²) < 4.78 is 0. The Balaban J connectivity index is 1.32. The molecule has 3 heterocycles. The molecule has 2 unspecified atom stereocenters. The van der Waals surface area contributed by atoms with Crippen LogP contribution in [0.2, 0.25) is 0 Å². The molecule has 4 rings (SSSR count). The van der Waals surface area contributed by atoms with Crippen molar-refractivity contribution in [2.45, 2.75) is 31.5 Å². The van der Waals surface area contributed by atoms with Gasteiger partial charge in [0.2, 0.25) is 0 Å². The first-order valence-corrected chi connectivity index (χ1v) is 9.64. The molecule has 1 aromatic rings. The van der Waals surface area contributed by atoms with Gasteiger partial charge in [0.15, 0.2) is 12.2 Å². The van der Waals surface area contributed by atoms with Gasteiger partial charge in [0.05, 0.1) is 13.0 Å². The van der Waals surface area contributed by atoms with E-state index in [1.807, 2.05) is 4.90 Å². The van der Waals surface area contributed by atoms with Gasteiger partial charge in [-0.15, -0.1) is 0 Å². The Morgan fingerprint density at radius 2 is 1.78 bits per heavy atom. The van der Waals surface area contributed by atoms with Crippen LogP contribution in [0.1, 0.15) is 18.4 Å². The van der Waals surface area contributed by atoms with Crippen molar-refractivity contribution in [3.05, 3.63) is 35.9 Å². The van der Waals surface area contributed by atoms with Crippen LogP contribution in [-0.2, 0) is 11.2 Å². The number of likely N-dealkylation sites (N-methyl/N-ethyl adjacent to an activating group) is 2. The Labute approximate surface area is 160 Å². The molecule has 0 bridgehead atoms. The number of rotatable bonds is 4. The van der Waals surface area contributed by atoms with Crippen molar-refractivity contribution in [3.8, 4) is 0 Å². The summed E-state index contributed by atoms with van der Waals surface area (Å²) >= 11 is 0. The SMILES string of the molecule is CN1C(=O)C2C(N=CN2CN2CCC(Cc3ccccc3)CC2)N(C)C1=O. The van der Waals surface area contributed by atoms with Gasteiger partial charge in [0.1, 0.15) is 0 Å². The van der Waals surface area contributed by atoms with Crippen LogP contribution in [-0.4, -0.2) is 83.9 Å². The lowest BCUT2D eigenvalue weighted by molar-refractivity contribution is -0.136. The van der Waals surface area contributed by atoms with Gasteiger partial charge in [-0.1, -0.05) is 30.3 Å². The number of imide groups is 1. The molecule has 2 fully saturated rings. The molecule has 27 heavy (non-hydrogen) atoms.